The number of nitrogens with two attached hydrogens (primary N) is 1. The highest BCUT2D eigenvalue weighted by Crippen LogP contribution is 2.36. The Morgan fingerprint density at radius 1 is 1.50 bits per heavy atom. The molecule has 0 aliphatic carbocycles. The molecular weight excluding hydrogens is 244 g/mol. The van der Waals surface area contributed by atoms with Crippen LogP contribution in [0.15, 0.2) is 26.8 Å². The first-order chi connectivity index (χ1) is 6.48. The molecule has 0 saturated heterocycles. The molecule has 3 N–H and O–H groups in total. The van der Waals surface area contributed by atoms with E-state index in [-0.39, 0.29) is 0 Å². The molecule has 0 amide bonds. The van der Waals surface area contributed by atoms with Crippen molar-refractivity contribution in [3.8, 4) is 0 Å². The summed E-state index contributed by atoms with van der Waals surface area (Å²) in [6.45, 7) is 3.79. The summed E-state index contributed by atoms with van der Waals surface area (Å²) in [5.41, 5.74) is 8.67. The van der Waals surface area contributed by atoms with Gasteiger partial charge in [-0.25, -0.2) is 0 Å². The number of anilines is 1. The molecule has 0 aromatic heterocycles. The molecular formula is C9H11BrN4. The predicted molar refractivity (Wildman–Crippen MR) is 59.6 cm³/mol. The number of aryl methyl sites for hydroxylation is 1. The van der Waals surface area contributed by atoms with Gasteiger partial charge in [0.25, 0.3) is 0 Å². The van der Waals surface area contributed by atoms with Crippen LogP contribution in [-0.4, -0.2) is 5.79 Å². The number of nitrogens with zero attached hydrogens (tertiary/aromatic N) is 2. The fourth-order valence-corrected chi connectivity index (χ4v) is 1.64. The van der Waals surface area contributed by atoms with Crippen molar-refractivity contribution < 1.29 is 0 Å². The maximum Gasteiger partial charge on any atom is 0.199 e. The average molecular weight is 255 g/mol. The van der Waals surface area contributed by atoms with E-state index in [2.05, 4.69) is 31.5 Å². The molecule has 1 aliphatic heterocycles. The lowest BCUT2D eigenvalue weighted by molar-refractivity contribution is 0.529. The molecule has 5 heteroatoms. The smallest absolute Gasteiger partial charge is 0.199 e. The lowest BCUT2D eigenvalue weighted by atomic mass is 10.1. The second kappa shape index (κ2) is 3.03. The molecule has 74 valence electrons. The first-order valence-electron chi connectivity index (χ1n) is 4.28. The molecule has 2 rings (SSSR count). The van der Waals surface area contributed by atoms with Gasteiger partial charge in [-0.3, -0.25) is 5.73 Å². The minimum Gasteiger partial charge on any atom is -0.346 e. The van der Waals surface area contributed by atoms with E-state index in [0.29, 0.717) is 0 Å². The Hall–Kier alpha value is -0.940. The quantitative estimate of drug-likeness (QED) is 0.748. The van der Waals surface area contributed by atoms with Crippen LogP contribution in [0, 0.1) is 6.92 Å². The van der Waals surface area contributed by atoms with Gasteiger partial charge in [0.15, 0.2) is 5.79 Å². The summed E-state index contributed by atoms with van der Waals surface area (Å²) in [7, 11) is 0. The summed E-state index contributed by atoms with van der Waals surface area (Å²) >= 11 is 3.44. The van der Waals surface area contributed by atoms with Crippen molar-refractivity contribution in [1.29, 1.82) is 0 Å². The first-order valence-corrected chi connectivity index (χ1v) is 5.07. The van der Waals surface area contributed by atoms with Crippen molar-refractivity contribution in [2.45, 2.75) is 19.6 Å². The van der Waals surface area contributed by atoms with E-state index in [0.717, 1.165) is 21.4 Å². The van der Waals surface area contributed by atoms with Gasteiger partial charge in [-0.15, -0.1) is 10.2 Å². The zero-order valence-corrected chi connectivity index (χ0v) is 9.59. The highest BCUT2D eigenvalue weighted by Gasteiger charge is 2.22. The van der Waals surface area contributed by atoms with Crippen molar-refractivity contribution in [2.75, 3.05) is 5.32 Å². The van der Waals surface area contributed by atoms with Gasteiger partial charge in [0.2, 0.25) is 0 Å². The predicted octanol–water partition coefficient (Wildman–Crippen LogP) is 2.90. The van der Waals surface area contributed by atoms with E-state index in [1.165, 1.54) is 0 Å². The van der Waals surface area contributed by atoms with Crippen LogP contribution in [0.2, 0.25) is 0 Å². The monoisotopic (exact) mass is 254 g/mol. The van der Waals surface area contributed by atoms with Crippen LogP contribution < -0.4 is 11.1 Å². The Morgan fingerprint density at radius 2 is 2.21 bits per heavy atom. The summed E-state index contributed by atoms with van der Waals surface area (Å²) < 4.78 is 1.03. The van der Waals surface area contributed by atoms with Crippen LogP contribution in [0.1, 0.15) is 12.5 Å². The molecule has 14 heavy (non-hydrogen) atoms. The van der Waals surface area contributed by atoms with Crippen LogP contribution in [0.25, 0.3) is 0 Å². The van der Waals surface area contributed by atoms with Gasteiger partial charge >= 0.3 is 0 Å². The standard InChI is InChI=1S/C9H11BrN4/c1-5-3-7-8(4-6(5)10)13-14-9(2,11)12-7/h3-4,12H,11H2,1-2H3. The lowest BCUT2D eigenvalue weighted by Crippen LogP contribution is -2.43. The van der Waals surface area contributed by atoms with E-state index in [1.807, 2.05) is 19.1 Å². The molecule has 0 saturated carbocycles. The van der Waals surface area contributed by atoms with Gasteiger partial charge in [-0.1, -0.05) is 15.9 Å². The zero-order valence-electron chi connectivity index (χ0n) is 8.00. The number of fused-ring (bicyclic) bond motifs is 1. The number of hydrogen-bond donors (Lipinski definition) is 2. The fraction of sp³-hybridized carbons (Fsp3) is 0.333. The normalized spacial score (nSPS) is 24.3. The summed E-state index contributed by atoms with van der Waals surface area (Å²) in [5, 5.41) is 11.1. The average Bonchev–Trinajstić information content (AvgIpc) is 2.07. The molecule has 1 aliphatic rings. The highest BCUT2D eigenvalue weighted by molar-refractivity contribution is 9.10. The van der Waals surface area contributed by atoms with Gasteiger partial charge in [0.1, 0.15) is 5.69 Å². The third-order valence-corrected chi connectivity index (χ3v) is 2.88. The van der Waals surface area contributed by atoms with E-state index in [1.54, 1.807) is 6.92 Å². The molecule has 1 unspecified atom stereocenters. The Morgan fingerprint density at radius 3 is 2.93 bits per heavy atom. The first kappa shape index (κ1) is 9.61. The van der Waals surface area contributed by atoms with Crippen LogP contribution in [-0.2, 0) is 0 Å². The molecule has 1 heterocycles. The van der Waals surface area contributed by atoms with Gasteiger partial charge in [0.05, 0.1) is 5.69 Å². The maximum absolute atomic E-state index is 5.80. The van der Waals surface area contributed by atoms with Crippen molar-refractivity contribution in [3.63, 3.8) is 0 Å². The minimum atomic E-state index is -0.798. The van der Waals surface area contributed by atoms with Gasteiger partial charge in [0, 0.05) is 4.47 Å². The molecule has 4 nitrogen and oxygen atoms in total. The number of azo groups is 1. The summed E-state index contributed by atoms with van der Waals surface area (Å²) in [6, 6.07) is 3.93. The molecule has 0 fully saturated rings. The van der Waals surface area contributed by atoms with E-state index >= 15 is 0 Å². The Labute approximate surface area is 90.7 Å². The minimum absolute atomic E-state index is 0.798. The molecule has 1 aromatic carbocycles. The lowest BCUT2D eigenvalue weighted by Gasteiger charge is -2.26. The van der Waals surface area contributed by atoms with Gasteiger partial charge in [-0.05, 0) is 31.5 Å². The number of hydrogen-bond acceptors (Lipinski definition) is 4. The van der Waals surface area contributed by atoms with Crippen molar-refractivity contribution in [2.24, 2.45) is 16.0 Å². The Kier molecular flexibility index (Phi) is 2.08. The number of benzene rings is 1. The molecule has 1 atom stereocenters. The highest BCUT2D eigenvalue weighted by atomic mass is 79.9. The second-order valence-corrected chi connectivity index (χ2v) is 4.45. The summed E-state index contributed by atoms with van der Waals surface area (Å²) in [6.07, 6.45) is 0. The van der Waals surface area contributed by atoms with Crippen LogP contribution in [0.5, 0.6) is 0 Å². The topological polar surface area (TPSA) is 62.8 Å². The zero-order chi connectivity index (χ0) is 10.3. The molecule has 0 spiro atoms. The maximum atomic E-state index is 5.80. The SMILES string of the molecule is Cc1cc2c(cc1Br)N=NC(C)(N)N2. The fourth-order valence-electron chi connectivity index (χ4n) is 1.31. The van der Waals surface area contributed by atoms with Crippen molar-refractivity contribution >= 4 is 27.3 Å². The molecule has 0 bridgehead atoms. The summed E-state index contributed by atoms with van der Waals surface area (Å²) in [5.74, 6) is -0.798. The van der Waals surface area contributed by atoms with Crippen LogP contribution >= 0.6 is 15.9 Å². The molecule has 0 radical (unpaired) electrons. The number of rotatable bonds is 0. The number of nitrogens with one attached hydrogen (secondary N) is 1. The Balaban J connectivity index is 2.52. The van der Waals surface area contributed by atoms with Crippen molar-refractivity contribution in [3.05, 3.63) is 22.2 Å². The second-order valence-electron chi connectivity index (χ2n) is 3.59. The number of halogens is 1. The van der Waals surface area contributed by atoms with Crippen LogP contribution in [0.3, 0.4) is 0 Å². The summed E-state index contributed by atoms with van der Waals surface area (Å²) in [4.78, 5) is 0. The van der Waals surface area contributed by atoms with Crippen molar-refractivity contribution in [1.82, 2.24) is 0 Å². The largest absolute Gasteiger partial charge is 0.346 e. The third-order valence-electron chi connectivity index (χ3n) is 2.03. The third kappa shape index (κ3) is 1.65. The Bertz CT molecular complexity index is 412. The van der Waals surface area contributed by atoms with E-state index in [4.69, 9.17) is 5.73 Å². The van der Waals surface area contributed by atoms with Gasteiger partial charge in [-0.2, -0.15) is 0 Å². The molecule has 1 aromatic rings. The van der Waals surface area contributed by atoms with Crippen LogP contribution in [0.4, 0.5) is 11.4 Å². The van der Waals surface area contributed by atoms with E-state index < -0.39 is 5.79 Å². The van der Waals surface area contributed by atoms with Gasteiger partial charge < -0.3 is 5.32 Å². The van der Waals surface area contributed by atoms with E-state index in [9.17, 15) is 0 Å².